The fraction of sp³-hybridized carbons (Fsp3) is 0.800. The first-order valence-electron chi connectivity index (χ1n) is 7.90. The maximum Gasteiger partial charge on any atom is 0.240 e. The van der Waals surface area contributed by atoms with Gasteiger partial charge in [-0.2, -0.15) is 4.98 Å². The molecule has 6 heteroatoms. The first-order valence-corrected chi connectivity index (χ1v) is 7.90. The van der Waals surface area contributed by atoms with Crippen molar-refractivity contribution in [2.45, 2.75) is 65.0 Å². The average molecular weight is 294 g/mol. The van der Waals surface area contributed by atoms with Gasteiger partial charge in [0.1, 0.15) is 0 Å². The molecule has 0 radical (unpaired) electrons. The van der Waals surface area contributed by atoms with Crippen molar-refractivity contribution < 1.29 is 9.32 Å². The average Bonchev–Trinajstić information content (AvgIpc) is 2.71. The highest BCUT2D eigenvalue weighted by atomic mass is 16.5. The van der Waals surface area contributed by atoms with Gasteiger partial charge in [0, 0.05) is 12.5 Å². The van der Waals surface area contributed by atoms with Crippen LogP contribution < -0.4 is 11.1 Å². The molecule has 1 amide bonds. The summed E-state index contributed by atoms with van der Waals surface area (Å²) in [6, 6.07) is 0.116. The SMILES string of the molecule is CC(C)Cc1noc(CN[C@H]2CCCCC[C@H]2C(N)=O)n1. The van der Waals surface area contributed by atoms with Gasteiger partial charge in [-0.3, -0.25) is 4.79 Å². The molecule has 1 aliphatic rings. The van der Waals surface area contributed by atoms with Gasteiger partial charge in [0.2, 0.25) is 11.8 Å². The lowest BCUT2D eigenvalue weighted by Crippen LogP contribution is -2.42. The summed E-state index contributed by atoms with van der Waals surface area (Å²) < 4.78 is 5.24. The molecule has 1 fully saturated rings. The monoisotopic (exact) mass is 294 g/mol. The van der Waals surface area contributed by atoms with Crippen molar-refractivity contribution in [2.75, 3.05) is 0 Å². The second-order valence-electron chi connectivity index (χ2n) is 6.34. The van der Waals surface area contributed by atoms with Gasteiger partial charge < -0.3 is 15.6 Å². The third-order valence-electron chi connectivity index (χ3n) is 4.00. The molecule has 21 heavy (non-hydrogen) atoms. The largest absolute Gasteiger partial charge is 0.369 e. The van der Waals surface area contributed by atoms with E-state index in [2.05, 4.69) is 29.3 Å². The predicted octanol–water partition coefficient (Wildman–Crippen LogP) is 1.79. The molecule has 6 nitrogen and oxygen atoms in total. The number of nitrogens with two attached hydrogens (primary N) is 1. The number of rotatable bonds is 6. The molecule has 2 rings (SSSR count). The van der Waals surface area contributed by atoms with Gasteiger partial charge in [0.05, 0.1) is 12.5 Å². The fourth-order valence-corrected chi connectivity index (χ4v) is 2.92. The Kier molecular flexibility index (Phi) is 5.73. The summed E-state index contributed by atoms with van der Waals surface area (Å²) in [5.74, 6) is 1.53. The molecule has 1 saturated carbocycles. The molecule has 0 aliphatic heterocycles. The van der Waals surface area contributed by atoms with Gasteiger partial charge in [-0.1, -0.05) is 38.3 Å². The smallest absolute Gasteiger partial charge is 0.240 e. The Hall–Kier alpha value is -1.43. The van der Waals surface area contributed by atoms with Crippen LogP contribution in [0.2, 0.25) is 0 Å². The summed E-state index contributed by atoms with van der Waals surface area (Å²) in [7, 11) is 0. The van der Waals surface area contributed by atoms with E-state index in [0.29, 0.717) is 18.4 Å². The van der Waals surface area contributed by atoms with Crippen LogP contribution in [0.1, 0.15) is 57.7 Å². The quantitative estimate of drug-likeness (QED) is 0.780. The zero-order chi connectivity index (χ0) is 15.2. The van der Waals surface area contributed by atoms with Crippen molar-refractivity contribution >= 4 is 5.91 Å². The number of amides is 1. The van der Waals surface area contributed by atoms with Crippen LogP contribution in [0.15, 0.2) is 4.52 Å². The van der Waals surface area contributed by atoms with Crippen molar-refractivity contribution in [1.82, 2.24) is 15.5 Å². The molecular weight excluding hydrogens is 268 g/mol. The summed E-state index contributed by atoms with van der Waals surface area (Å²) in [6.07, 6.45) is 6.03. The highest BCUT2D eigenvalue weighted by Crippen LogP contribution is 2.23. The minimum Gasteiger partial charge on any atom is -0.369 e. The van der Waals surface area contributed by atoms with Crippen molar-refractivity contribution in [3.05, 3.63) is 11.7 Å². The van der Waals surface area contributed by atoms with Crippen LogP contribution >= 0.6 is 0 Å². The van der Waals surface area contributed by atoms with E-state index in [0.717, 1.165) is 37.9 Å². The Bertz CT molecular complexity index is 458. The van der Waals surface area contributed by atoms with Gasteiger partial charge in [0.15, 0.2) is 5.82 Å². The predicted molar refractivity (Wildman–Crippen MR) is 79.2 cm³/mol. The van der Waals surface area contributed by atoms with E-state index in [1.165, 1.54) is 6.42 Å². The number of carbonyl (C=O) groups excluding carboxylic acids is 1. The van der Waals surface area contributed by atoms with Crippen molar-refractivity contribution in [3.8, 4) is 0 Å². The van der Waals surface area contributed by atoms with Crippen LogP contribution in [0.4, 0.5) is 0 Å². The van der Waals surface area contributed by atoms with Gasteiger partial charge in [-0.25, -0.2) is 0 Å². The van der Waals surface area contributed by atoms with E-state index < -0.39 is 0 Å². The highest BCUT2D eigenvalue weighted by molar-refractivity contribution is 5.77. The minimum atomic E-state index is -0.208. The second kappa shape index (κ2) is 7.54. The van der Waals surface area contributed by atoms with Crippen molar-refractivity contribution in [1.29, 1.82) is 0 Å². The number of carbonyl (C=O) groups is 1. The highest BCUT2D eigenvalue weighted by Gasteiger charge is 2.28. The standard InChI is InChI=1S/C15H26N4O2/c1-10(2)8-13-18-14(21-19-13)9-17-12-7-5-3-4-6-11(12)15(16)20/h10-12,17H,3-9H2,1-2H3,(H2,16,20)/t11-,12+/m1/s1. The fourth-order valence-electron chi connectivity index (χ4n) is 2.92. The molecule has 1 heterocycles. The molecule has 2 atom stereocenters. The molecule has 0 unspecified atom stereocenters. The number of hydrogen-bond donors (Lipinski definition) is 2. The van der Waals surface area contributed by atoms with Crippen LogP contribution in [0.3, 0.4) is 0 Å². The van der Waals surface area contributed by atoms with Crippen molar-refractivity contribution in [2.24, 2.45) is 17.6 Å². The molecule has 118 valence electrons. The number of nitrogens with zero attached hydrogens (tertiary/aromatic N) is 2. The molecular formula is C15H26N4O2. The Balaban J connectivity index is 1.90. The Morgan fingerprint density at radius 3 is 2.86 bits per heavy atom. The molecule has 0 aromatic carbocycles. The lowest BCUT2D eigenvalue weighted by molar-refractivity contribution is -0.122. The number of hydrogen-bond acceptors (Lipinski definition) is 5. The van der Waals surface area contributed by atoms with Crippen LogP contribution in [0.25, 0.3) is 0 Å². The topological polar surface area (TPSA) is 94.0 Å². The molecule has 1 aromatic rings. The Labute approximate surface area is 125 Å². The van der Waals surface area contributed by atoms with E-state index in [1.54, 1.807) is 0 Å². The Morgan fingerprint density at radius 2 is 2.14 bits per heavy atom. The first kappa shape index (κ1) is 15.9. The number of primary amides is 1. The summed E-state index contributed by atoms with van der Waals surface area (Å²) in [5, 5.41) is 7.35. The minimum absolute atomic E-state index is 0.0921. The third-order valence-corrected chi connectivity index (χ3v) is 4.00. The van der Waals surface area contributed by atoms with E-state index in [1.807, 2.05) is 0 Å². The molecule has 3 N–H and O–H groups in total. The number of nitrogens with one attached hydrogen (secondary N) is 1. The summed E-state index contributed by atoms with van der Waals surface area (Å²) >= 11 is 0. The first-order chi connectivity index (χ1) is 10.1. The summed E-state index contributed by atoms with van der Waals surface area (Å²) in [6.45, 7) is 4.74. The van der Waals surface area contributed by atoms with Crippen molar-refractivity contribution in [3.63, 3.8) is 0 Å². The van der Waals surface area contributed by atoms with E-state index in [4.69, 9.17) is 10.3 Å². The van der Waals surface area contributed by atoms with E-state index in [-0.39, 0.29) is 17.9 Å². The third kappa shape index (κ3) is 4.81. The van der Waals surface area contributed by atoms with Gasteiger partial charge in [-0.05, 0) is 18.8 Å². The maximum absolute atomic E-state index is 11.6. The van der Waals surface area contributed by atoms with E-state index in [9.17, 15) is 4.79 Å². The van der Waals surface area contributed by atoms with Gasteiger partial charge in [-0.15, -0.1) is 0 Å². The normalized spacial score (nSPS) is 23.2. The molecule has 1 aliphatic carbocycles. The summed E-state index contributed by atoms with van der Waals surface area (Å²) in [4.78, 5) is 16.0. The maximum atomic E-state index is 11.6. The molecule has 0 spiro atoms. The lowest BCUT2D eigenvalue weighted by atomic mass is 9.94. The van der Waals surface area contributed by atoms with E-state index >= 15 is 0 Å². The van der Waals surface area contributed by atoms with Crippen LogP contribution in [0, 0.1) is 11.8 Å². The number of aromatic nitrogens is 2. The van der Waals surface area contributed by atoms with Crippen LogP contribution in [-0.4, -0.2) is 22.1 Å². The summed E-state index contributed by atoms with van der Waals surface area (Å²) in [5.41, 5.74) is 5.52. The lowest BCUT2D eigenvalue weighted by Gasteiger charge is -2.22. The van der Waals surface area contributed by atoms with Crippen LogP contribution in [0.5, 0.6) is 0 Å². The van der Waals surface area contributed by atoms with Gasteiger partial charge >= 0.3 is 0 Å². The molecule has 1 aromatic heterocycles. The molecule has 0 bridgehead atoms. The zero-order valence-corrected chi connectivity index (χ0v) is 13.0. The van der Waals surface area contributed by atoms with Crippen LogP contribution in [-0.2, 0) is 17.8 Å². The molecule has 0 saturated heterocycles. The second-order valence-corrected chi connectivity index (χ2v) is 6.34. The Morgan fingerprint density at radius 1 is 1.38 bits per heavy atom. The zero-order valence-electron chi connectivity index (χ0n) is 13.0. The van der Waals surface area contributed by atoms with Gasteiger partial charge in [0.25, 0.3) is 0 Å².